The Morgan fingerprint density at radius 3 is 2.68 bits per heavy atom. The van der Waals surface area contributed by atoms with Crippen LogP contribution in [0.5, 0.6) is 5.75 Å². The fourth-order valence-electron chi connectivity index (χ4n) is 2.39. The van der Waals surface area contributed by atoms with Crippen molar-refractivity contribution in [3.8, 4) is 5.75 Å². The molecule has 0 radical (unpaired) electrons. The van der Waals surface area contributed by atoms with Crippen LogP contribution in [0.25, 0.3) is 0 Å². The first kappa shape index (κ1) is 16.1. The van der Waals surface area contributed by atoms with Gasteiger partial charge in [0.25, 0.3) is 0 Å². The van der Waals surface area contributed by atoms with Crippen LogP contribution in [0.15, 0.2) is 28.8 Å². The number of nitrogens with zero attached hydrogens (tertiary/aromatic N) is 2. The minimum absolute atomic E-state index is 0.0888. The van der Waals surface area contributed by atoms with Gasteiger partial charge in [-0.15, -0.1) is 0 Å². The van der Waals surface area contributed by atoms with Crippen molar-refractivity contribution in [1.82, 2.24) is 10.1 Å². The molecule has 1 aromatic heterocycles. The highest BCUT2D eigenvalue weighted by atomic mass is 16.5. The van der Waals surface area contributed by atoms with Crippen LogP contribution >= 0.6 is 0 Å². The molecule has 2 rings (SSSR count). The minimum atomic E-state index is 0.0888. The Labute approximate surface area is 130 Å². The predicted molar refractivity (Wildman–Crippen MR) is 83.8 cm³/mol. The SMILES string of the molecule is COc1ccccc1CCC(=O)N(C)Cc1c(C)noc1C. The number of para-hydroxylation sites is 1. The summed E-state index contributed by atoms with van der Waals surface area (Å²) < 4.78 is 10.4. The average Bonchev–Trinajstić information content (AvgIpc) is 2.84. The Morgan fingerprint density at radius 2 is 2.05 bits per heavy atom. The number of hydrogen-bond donors (Lipinski definition) is 0. The summed E-state index contributed by atoms with van der Waals surface area (Å²) in [6, 6.07) is 7.78. The Balaban J connectivity index is 1.94. The third-order valence-electron chi connectivity index (χ3n) is 3.80. The molecule has 0 fully saturated rings. The molecule has 0 unspecified atom stereocenters. The van der Waals surface area contributed by atoms with Gasteiger partial charge in [-0.25, -0.2) is 0 Å². The zero-order valence-corrected chi connectivity index (χ0v) is 13.5. The molecule has 0 atom stereocenters. The quantitative estimate of drug-likeness (QED) is 0.823. The molecule has 5 nitrogen and oxygen atoms in total. The van der Waals surface area contributed by atoms with Gasteiger partial charge in [-0.1, -0.05) is 23.4 Å². The summed E-state index contributed by atoms with van der Waals surface area (Å²) in [6.07, 6.45) is 1.11. The van der Waals surface area contributed by atoms with E-state index in [4.69, 9.17) is 9.26 Å². The number of methoxy groups -OCH3 is 1. The van der Waals surface area contributed by atoms with Gasteiger partial charge in [0.05, 0.1) is 19.3 Å². The fraction of sp³-hybridized carbons (Fsp3) is 0.412. The van der Waals surface area contributed by atoms with E-state index in [0.717, 1.165) is 28.3 Å². The zero-order chi connectivity index (χ0) is 16.1. The maximum absolute atomic E-state index is 12.3. The smallest absolute Gasteiger partial charge is 0.222 e. The van der Waals surface area contributed by atoms with Gasteiger partial charge >= 0.3 is 0 Å². The number of aryl methyl sites for hydroxylation is 3. The van der Waals surface area contributed by atoms with E-state index in [0.29, 0.717) is 19.4 Å². The van der Waals surface area contributed by atoms with Gasteiger partial charge < -0.3 is 14.2 Å². The number of carbonyl (C=O) groups excluding carboxylic acids is 1. The van der Waals surface area contributed by atoms with Crippen molar-refractivity contribution >= 4 is 5.91 Å². The lowest BCUT2D eigenvalue weighted by Crippen LogP contribution is -2.26. The zero-order valence-electron chi connectivity index (χ0n) is 13.5. The third-order valence-corrected chi connectivity index (χ3v) is 3.80. The van der Waals surface area contributed by atoms with Crippen LogP contribution < -0.4 is 4.74 Å². The van der Waals surface area contributed by atoms with Gasteiger partial charge in [0, 0.05) is 19.0 Å². The Bertz CT molecular complexity index is 630. The summed E-state index contributed by atoms with van der Waals surface area (Å²) in [5, 5.41) is 3.92. The lowest BCUT2D eigenvalue weighted by atomic mass is 10.1. The summed E-state index contributed by atoms with van der Waals surface area (Å²) in [5.74, 6) is 1.68. The third kappa shape index (κ3) is 3.67. The van der Waals surface area contributed by atoms with Crippen molar-refractivity contribution in [3.63, 3.8) is 0 Å². The first-order valence-corrected chi connectivity index (χ1v) is 7.30. The van der Waals surface area contributed by atoms with Crippen LogP contribution in [-0.2, 0) is 17.8 Å². The molecule has 0 saturated carbocycles. The molecule has 1 aromatic carbocycles. The Kier molecular flexibility index (Phi) is 5.20. The second-order valence-corrected chi connectivity index (χ2v) is 5.36. The average molecular weight is 302 g/mol. The molecule has 0 N–H and O–H groups in total. The molecular formula is C17H22N2O3. The summed E-state index contributed by atoms with van der Waals surface area (Å²) in [5.41, 5.74) is 2.86. The van der Waals surface area contributed by atoms with Crippen molar-refractivity contribution in [2.75, 3.05) is 14.2 Å². The van der Waals surface area contributed by atoms with Crippen molar-refractivity contribution in [3.05, 3.63) is 46.8 Å². The molecular weight excluding hydrogens is 280 g/mol. The summed E-state index contributed by atoms with van der Waals surface area (Å²) in [6.45, 7) is 4.27. The molecule has 118 valence electrons. The van der Waals surface area contributed by atoms with E-state index < -0.39 is 0 Å². The molecule has 0 aliphatic rings. The van der Waals surface area contributed by atoms with Crippen LogP contribution in [0.3, 0.4) is 0 Å². The van der Waals surface area contributed by atoms with E-state index in [1.165, 1.54) is 0 Å². The molecule has 5 heteroatoms. The van der Waals surface area contributed by atoms with Gasteiger partial charge in [-0.3, -0.25) is 4.79 Å². The lowest BCUT2D eigenvalue weighted by molar-refractivity contribution is -0.130. The number of benzene rings is 1. The van der Waals surface area contributed by atoms with Gasteiger partial charge in [-0.2, -0.15) is 0 Å². The van der Waals surface area contributed by atoms with E-state index in [9.17, 15) is 4.79 Å². The monoisotopic (exact) mass is 302 g/mol. The summed E-state index contributed by atoms with van der Waals surface area (Å²) >= 11 is 0. The first-order chi connectivity index (χ1) is 10.5. The largest absolute Gasteiger partial charge is 0.496 e. The molecule has 0 aliphatic heterocycles. The summed E-state index contributed by atoms with van der Waals surface area (Å²) in [4.78, 5) is 14.0. The summed E-state index contributed by atoms with van der Waals surface area (Å²) in [7, 11) is 3.45. The molecule has 2 aromatic rings. The van der Waals surface area contributed by atoms with Crippen molar-refractivity contribution in [1.29, 1.82) is 0 Å². The van der Waals surface area contributed by atoms with Crippen molar-refractivity contribution in [2.24, 2.45) is 0 Å². The van der Waals surface area contributed by atoms with Crippen LogP contribution in [0, 0.1) is 13.8 Å². The predicted octanol–water partition coefficient (Wildman–Crippen LogP) is 2.89. The maximum atomic E-state index is 12.3. The number of rotatable bonds is 6. The first-order valence-electron chi connectivity index (χ1n) is 7.30. The number of ether oxygens (including phenoxy) is 1. The molecule has 0 saturated heterocycles. The highest BCUT2D eigenvalue weighted by Crippen LogP contribution is 2.20. The van der Waals surface area contributed by atoms with Gasteiger partial charge in [0.1, 0.15) is 11.5 Å². The highest BCUT2D eigenvalue weighted by molar-refractivity contribution is 5.76. The fourth-order valence-corrected chi connectivity index (χ4v) is 2.39. The standard InChI is InChI=1S/C17H22N2O3/c1-12-15(13(2)22-18-12)11-19(3)17(20)10-9-14-7-5-6-8-16(14)21-4/h5-8H,9-11H2,1-4H3. The van der Waals surface area contributed by atoms with E-state index in [1.54, 1.807) is 19.1 Å². The second-order valence-electron chi connectivity index (χ2n) is 5.36. The number of carbonyl (C=O) groups is 1. The van der Waals surface area contributed by atoms with Crippen LogP contribution in [0.2, 0.25) is 0 Å². The number of aromatic nitrogens is 1. The van der Waals surface area contributed by atoms with E-state index in [-0.39, 0.29) is 5.91 Å². The molecule has 0 aliphatic carbocycles. The van der Waals surface area contributed by atoms with Crippen molar-refractivity contribution < 1.29 is 14.1 Å². The topological polar surface area (TPSA) is 55.6 Å². The number of hydrogen-bond acceptors (Lipinski definition) is 4. The van der Waals surface area contributed by atoms with Crippen LogP contribution in [0.4, 0.5) is 0 Å². The number of amides is 1. The highest BCUT2D eigenvalue weighted by Gasteiger charge is 2.15. The van der Waals surface area contributed by atoms with Gasteiger partial charge in [-0.05, 0) is 31.9 Å². The second kappa shape index (κ2) is 7.11. The van der Waals surface area contributed by atoms with E-state index >= 15 is 0 Å². The lowest BCUT2D eigenvalue weighted by Gasteiger charge is -2.17. The van der Waals surface area contributed by atoms with E-state index in [1.807, 2.05) is 38.1 Å². The molecule has 0 spiro atoms. The van der Waals surface area contributed by atoms with Gasteiger partial charge in [0.2, 0.25) is 5.91 Å². The molecule has 22 heavy (non-hydrogen) atoms. The maximum Gasteiger partial charge on any atom is 0.222 e. The molecule has 1 amide bonds. The molecule has 1 heterocycles. The molecule has 0 bridgehead atoms. The van der Waals surface area contributed by atoms with E-state index in [2.05, 4.69) is 5.16 Å². The van der Waals surface area contributed by atoms with Crippen LogP contribution in [-0.4, -0.2) is 30.1 Å². The Hall–Kier alpha value is -2.30. The Morgan fingerprint density at radius 1 is 1.32 bits per heavy atom. The minimum Gasteiger partial charge on any atom is -0.496 e. The van der Waals surface area contributed by atoms with Crippen LogP contribution in [0.1, 0.15) is 29.0 Å². The van der Waals surface area contributed by atoms with Gasteiger partial charge in [0.15, 0.2) is 0 Å². The van der Waals surface area contributed by atoms with Crippen molar-refractivity contribution in [2.45, 2.75) is 33.2 Å². The normalized spacial score (nSPS) is 10.5.